The average Bonchev–Trinajstić information content (AvgIpc) is 3.08. The smallest absolute Gasteiger partial charge is 0.338 e. The highest BCUT2D eigenvalue weighted by Gasteiger charge is 2.12. The molecule has 26 heavy (non-hydrogen) atoms. The van der Waals surface area contributed by atoms with Gasteiger partial charge in [0.1, 0.15) is 17.4 Å². The SMILES string of the molecule is CS(=O)(=O)c1ccc(C(=O)OCc2csc(-c3ccc(F)cc3)n2)cc1. The Morgan fingerprint density at radius 3 is 2.38 bits per heavy atom. The highest BCUT2D eigenvalue weighted by molar-refractivity contribution is 7.90. The van der Waals surface area contributed by atoms with Gasteiger partial charge in [0.15, 0.2) is 9.84 Å². The van der Waals surface area contributed by atoms with Crippen molar-refractivity contribution in [3.63, 3.8) is 0 Å². The van der Waals surface area contributed by atoms with E-state index in [0.717, 1.165) is 11.8 Å². The average molecular weight is 391 g/mol. The molecule has 3 aromatic rings. The molecule has 8 heteroatoms. The minimum absolute atomic E-state index is 0.00957. The van der Waals surface area contributed by atoms with Gasteiger partial charge in [-0.3, -0.25) is 0 Å². The number of sulfone groups is 1. The Kier molecular flexibility index (Phi) is 5.15. The van der Waals surface area contributed by atoms with E-state index in [4.69, 9.17) is 4.74 Å². The third-order valence-electron chi connectivity index (χ3n) is 3.51. The van der Waals surface area contributed by atoms with Gasteiger partial charge in [0.05, 0.1) is 16.2 Å². The van der Waals surface area contributed by atoms with Crippen molar-refractivity contribution in [2.24, 2.45) is 0 Å². The second kappa shape index (κ2) is 7.35. The third kappa shape index (κ3) is 4.33. The maximum Gasteiger partial charge on any atom is 0.338 e. The number of halogens is 1. The van der Waals surface area contributed by atoms with Crippen LogP contribution in [0.3, 0.4) is 0 Å². The van der Waals surface area contributed by atoms with E-state index < -0.39 is 15.8 Å². The van der Waals surface area contributed by atoms with E-state index in [0.29, 0.717) is 10.7 Å². The molecule has 0 aliphatic rings. The Balaban J connectivity index is 1.64. The summed E-state index contributed by atoms with van der Waals surface area (Å²) in [5.41, 5.74) is 1.62. The van der Waals surface area contributed by atoms with Gasteiger partial charge in [-0.1, -0.05) is 0 Å². The van der Waals surface area contributed by atoms with Crippen LogP contribution in [0.1, 0.15) is 16.1 Å². The summed E-state index contributed by atoms with van der Waals surface area (Å²) in [4.78, 5) is 16.6. The van der Waals surface area contributed by atoms with Crippen molar-refractivity contribution in [2.45, 2.75) is 11.5 Å². The summed E-state index contributed by atoms with van der Waals surface area (Å²) in [6.07, 6.45) is 1.10. The van der Waals surface area contributed by atoms with E-state index in [2.05, 4.69) is 4.98 Å². The van der Waals surface area contributed by atoms with Crippen molar-refractivity contribution >= 4 is 27.1 Å². The Hall–Kier alpha value is -2.58. The number of thiazole rings is 1. The van der Waals surface area contributed by atoms with Gasteiger partial charge in [-0.25, -0.2) is 22.6 Å². The highest BCUT2D eigenvalue weighted by Crippen LogP contribution is 2.24. The summed E-state index contributed by atoms with van der Waals surface area (Å²) in [7, 11) is -3.31. The van der Waals surface area contributed by atoms with Gasteiger partial charge in [0, 0.05) is 17.2 Å². The predicted octanol–water partition coefficient (Wildman–Crippen LogP) is 3.71. The summed E-state index contributed by atoms with van der Waals surface area (Å²) < 4.78 is 41.0. The first-order chi connectivity index (χ1) is 12.3. The predicted molar refractivity (Wildman–Crippen MR) is 96.2 cm³/mol. The van der Waals surface area contributed by atoms with Crippen LogP contribution in [0.4, 0.5) is 4.39 Å². The molecule has 0 unspecified atom stereocenters. The van der Waals surface area contributed by atoms with Crippen LogP contribution in [-0.2, 0) is 21.2 Å². The molecular formula is C18H14FNO4S2. The summed E-state index contributed by atoms with van der Waals surface area (Å²) in [5.74, 6) is -0.886. The lowest BCUT2D eigenvalue weighted by atomic mass is 10.2. The molecule has 134 valence electrons. The number of carbonyl (C=O) groups is 1. The lowest BCUT2D eigenvalue weighted by molar-refractivity contribution is 0.0468. The lowest BCUT2D eigenvalue weighted by Crippen LogP contribution is -2.06. The van der Waals surface area contributed by atoms with E-state index in [1.807, 2.05) is 0 Å². The van der Waals surface area contributed by atoms with Gasteiger partial charge in [-0.2, -0.15) is 0 Å². The van der Waals surface area contributed by atoms with Crippen LogP contribution in [0.5, 0.6) is 0 Å². The Morgan fingerprint density at radius 1 is 1.12 bits per heavy atom. The molecule has 0 saturated heterocycles. The van der Waals surface area contributed by atoms with Crippen LogP contribution < -0.4 is 0 Å². The number of benzene rings is 2. The molecule has 0 radical (unpaired) electrons. The summed E-state index contributed by atoms with van der Waals surface area (Å²) >= 11 is 1.37. The minimum atomic E-state index is -3.31. The van der Waals surface area contributed by atoms with E-state index in [-0.39, 0.29) is 22.9 Å². The molecule has 0 fully saturated rings. The molecule has 3 rings (SSSR count). The van der Waals surface area contributed by atoms with Crippen molar-refractivity contribution in [3.05, 3.63) is 71.0 Å². The van der Waals surface area contributed by atoms with Crippen LogP contribution in [0.15, 0.2) is 58.8 Å². The van der Waals surface area contributed by atoms with Gasteiger partial charge >= 0.3 is 5.97 Å². The van der Waals surface area contributed by atoms with Gasteiger partial charge < -0.3 is 4.74 Å². The number of esters is 1. The largest absolute Gasteiger partial charge is 0.456 e. The molecule has 0 N–H and O–H groups in total. The normalized spacial score (nSPS) is 11.3. The molecule has 0 bridgehead atoms. The van der Waals surface area contributed by atoms with E-state index in [1.165, 1.54) is 47.7 Å². The summed E-state index contributed by atoms with van der Waals surface area (Å²) in [6.45, 7) is -0.00957. The first-order valence-electron chi connectivity index (χ1n) is 7.50. The number of aromatic nitrogens is 1. The van der Waals surface area contributed by atoms with Crippen molar-refractivity contribution in [1.82, 2.24) is 4.98 Å². The summed E-state index contributed by atoms with van der Waals surface area (Å²) in [6, 6.07) is 11.5. The summed E-state index contributed by atoms with van der Waals surface area (Å²) in [5, 5.41) is 2.46. The van der Waals surface area contributed by atoms with Crippen molar-refractivity contribution in [1.29, 1.82) is 0 Å². The third-order valence-corrected chi connectivity index (χ3v) is 5.58. The zero-order valence-electron chi connectivity index (χ0n) is 13.7. The van der Waals surface area contributed by atoms with E-state index >= 15 is 0 Å². The molecule has 0 aliphatic heterocycles. The molecule has 1 heterocycles. The molecule has 2 aromatic carbocycles. The maximum atomic E-state index is 13.0. The quantitative estimate of drug-likeness (QED) is 0.620. The van der Waals surface area contributed by atoms with Crippen LogP contribution in [0, 0.1) is 5.82 Å². The second-order valence-electron chi connectivity index (χ2n) is 5.52. The Bertz CT molecular complexity index is 1030. The van der Waals surface area contributed by atoms with Crippen molar-refractivity contribution in [2.75, 3.05) is 6.26 Å². The molecule has 5 nitrogen and oxygen atoms in total. The van der Waals surface area contributed by atoms with E-state index in [1.54, 1.807) is 17.5 Å². The standard InChI is InChI=1S/C18H14FNO4S2/c1-26(22,23)16-8-4-13(5-9-16)18(21)24-10-15-11-25-17(20-15)12-2-6-14(19)7-3-12/h2-9,11H,10H2,1H3. The topological polar surface area (TPSA) is 73.3 Å². The number of carbonyl (C=O) groups excluding carboxylic acids is 1. The molecule has 0 spiro atoms. The monoisotopic (exact) mass is 391 g/mol. The Labute approximate surface area is 154 Å². The first-order valence-corrected chi connectivity index (χ1v) is 10.3. The molecule has 1 aromatic heterocycles. The Morgan fingerprint density at radius 2 is 1.77 bits per heavy atom. The van der Waals surface area contributed by atoms with Crippen LogP contribution in [-0.4, -0.2) is 25.6 Å². The number of ether oxygens (including phenoxy) is 1. The lowest BCUT2D eigenvalue weighted by Gasteiger charge is -2.04. The molecule has 0 saturated carbocycles. The minimum Gasteiger partial charge on any atom is -0.456 e. The van der Waals surface area contributed by atoms with Crippen molar-refractivity contribution in [3.8, 4) is 10.6 Å². The first kappa shape index (κ1) is 18.2. The van der Waals surface area contributed by atoms with Crippen molar-refractivity contribution < 1.29 is 22.3 Å². The molecule has 0 atom stereocenters. The zero-order chi connectivity index (χ0) is 18.7. The van der Waals surface area contributed by atoms with Crippen LogP contribution >= 0.6 is 11.3 Å². The number of rotatable bonds is 5. The molecular weight excluding hydrogens is 377 g/mol. The van der Waals surface area contributed by atoms with Gasteiger partial charge in [-0.15, -0.1) is 11.3 Å². The van der Waals surface area contributed by atoms with Crippen LogP contribution in [0.25, 0.3) is 10.6 Å². The fourth-order valence-electron chi connectivity index (χ4n) is 2.16. The molecule has 0 amide bonds. The fraction of sp³-hybridized carbons (Fsp3) is 0.111. The van der Waals surface area contributed by atoms with E-state index in [9.17, 15) is 17.6 Å². The zero-order valence-corrected chi connectivity index (χ0v) is 15.3. The number of nitrogens with zero attached hydrogens (tertiary/aromatic N) is 1. The maximum absolute atomic E-state index is 13.0. The molecule has 0 aliphatic carbocycles. The van der Waals surface area contributed by atoms with Gasteiger partial charge in [0.25, 0.3) is 0 Å². The van der Waals surface area contributed by atoms with Gasteiger partial charge in [0.2, 0.25) is 0 Å². The number of hydrogen-bond donors (Lipinski definition) is 0. The highest BCUT2D eigenvalue weighted by atomic mass is 32.2. The number of hydrogen-bond acceptors (Lipinski definition) is 6. The second-order valence-corrected chi connectivity index (χ2v) is 8.40. The van der Waals surface area contributed by atoms with Gasteiger partial charge in [-0.05, 0) is 48.5 Å². The fourth-order valence-corrected chi connectivity index (χ4v) is 3.60. The van der Waals surface area contributed by atoms with Crippen LogP contribution in [0.2, 0.25) is 0 Å².